The quantitative estimate of drug-likeness (QED) is 0.0404. The minimum atomic E-state index is -0.116. The molecular formula is C92H155N3O9. The number of aryl methyl sites for hydroxylation is 2. The molecule has 0 spiro atoms. The molecule has 0 bridgehead atoms. The Labute approximate surface area is 637 Å². The number of nitrogens with zero attached hydrogens (tertiary/aromatic N) is 3. The lowest BCUT2D eigenvalue weighted by atomic mass is 10.0. The van der Waals surface area contributed by atoms with Gasteiger partial charge in [-0.15, -0.1) is 0 Å². The lowest BCUT2D eigenvalue weighted by Gasteiger charge is -2.18. The molecule has 12 heteroatoms. The molecule has 2 atom stereocenters. The Morgan fingerprint density at radius 1 is 0.327 bits per heavy atom. The van der Waals surface area contributed by atoms with Gasteiger partial charge >= 0.3 is 0 Å². The Balaban J connectivity index is 0.000000561. The maximum absolute atomic E-state index is 13.0. The fraction of sp³-hybridized carbons (Fsp3) is 0.750. The molecule has 0 fully saturated rings. The van der Waals surface area contributed by atoms with Gasteiger partial charge < -0.3 is 33.9 Å². The monoisotopic (exact) mass is 1450 g/mol. The topological polar surface area (TPSA) is 159 Å². The van der Waals surface area contributed by atoms with Crippen molar-refractivity contribution in [2.45, 2.75) is 413 Å². The summed E-state index contributed by atoms with van der Waals surface area (Å²) in [5, 5.41) is 20.8. The van der Waals surface area contributed by atoms with Gasteiger partial charge in [0.05, 0.1) is 24.9 Å². The maximum Gasteiger partial charge on any atom is 0.195 e. The van der Waals surface area contributed by atoms with E-state index in [2.05, 4.69) is 42.6 Å². The van der Waals surface area contributed by atoms with Crippen LogP contribution in [0.1, 0.15) is 399 Å². The standard InChI is InChI=1S/C51H81N3O5.C41H74O4/c1-5-7-9-11-13-15-17-19-20-22-24-26-28-30-32-46(31-29-27-25-23-21-18-16-14-12-10-8-6-2)58-40-44(55)41-59-47-37-38-48(49(56)39-47)51-53-42(3)52-50(54-51)43-33-35-45(57-4)36-34-43;1-4-6-8-10-12-14-16-18-19-21-23-25-27-29-31-39(30-28-26-24-22-20-17-15-13-11-9-7-5-2)44-35-38(42)36-45-40-33-32-37(3)41(43)34-40/h33-39,46,56H,5-32,40-41H2,1-4H3;32-34,39,43H,4-31,35-36H2,1-3H3. The number of rotatable bonds is 71. The first-order chi connectivity index (χ1) is 51.0. The summed E-state index contributed by atoms with van der Waals surface area (Å²) >= 11 is 0. The van der Waals surface area contributed by atoms with Gasteiger partial charge in [0, 0.05) is 17.7 Å². The van der Waals surface area contributed by atoms with E-state index in [0.717, 1.165) is 55.4 Å². The number of Topliss-reactive ketones (excluding diaryl/α,β-unsaturated/α-hetero) is 2. The zero-order valence-corrected chi connectivity index (χ0v) is 67.9. The fourth-order valence-electron chi connectivity index (χ4n) is 14.0. The smallest absolute Gasteiger partial charge is 0.195 e. The van der Waals surface area contributed by atoms with Gasteiger partial charge in [0.25, 0.3) is 0 Å². The second-order valence-electron chi connectivity index (χ2n) is 30.5. The first-order valence-corrected chi connectivity index (χ1v) is 43.5. The molecule has 12 nitrogen and oxygen atoms in total. The number of methoxy groups -OCH3 is 1. The highest BCUT2D eigenvalue weighted by Gasteiger charge is 2.18. The number of benzene rings is 3. The summed E-state index contributed by atoms with van der Waals surface area (Å²) in [5.41, 5.74) is 2.06. The number of aromatic nitrogens is 3. The zero-order valence-electron chi connectivity index (χ0n) is 67.9. The van der Waals surface area contributed by atoms with Crippen LogP contribution in [0.15, 0.2) is 60.7 Å². The number of carbonyl (C=O) groups is 2. The van der Waals surface area contributed by atoms with Crippen molar-refractivity contribution < 1.29 is 43.5 Å². The van der Waals surface area contributed by atoms with Crippen molar-refractivity contribution in [1.29, 1.82) is 0 Å². The summed E-state index contributed by atoms with van der Waals surface area (Å²) in [5.74, 6) is 3.05. The minimum Gasteiger partial charge on any atom is -0.508 e. The van der Waals surface area contributed by atoms with Gasteiger partial charge in [-0.25, -0.2) is 15.0 Å². The van der Waals surface area contributed by atoms with Crippen LogP contribution in [0.2, 0.25) is 0 Å². The number of ketones is 2. The summed E-state index contributed by atoms with van der Waals surface area (Å²) in [7, 11) is 1.62. The molecule has 0 saturated heterocycles. The van der Waals surface area contributed by atoms with Crippen LogP contribution in [-0.2, 0) is 19.1 Å². The van der Waals surface area contributed by atoms with Crippen molar-refractivity contribution >= 4 is 11.6 Å². The van der Waals surface area contributed by atoms with Crippen LogP contribution in [0.5, 0.6) is 28.7 Å². The van der Waals surface area contributed by atoms with E-state index in [1.165, 1.54) is 327 Å². The van der Waals surface area contributed by atoms with Crippen LogP contribution in [0, 0.1) is 13.8 Å². The third-order valence-electron chi connectivity index (χ3n) is 20.8. The molecule has 0 saturated carbocycles. The van der Waals surface area contributed by atoms with Crippen molar-refractivity contribution in [3.8, 4) is 51.5 Å². The molecule has 4 aromatic rings. The second kappa shape index (κ2) is 66.2. The van der Waals surface area contributed by atoms with E-state index < -0.39 is 0 Å². The van der Waals surface area contributed by atoms with Gasteiger partial charge in [-0.05, 0) is 87.6 Å². The SMILES string of the molecule is CCCCCCCCCCCCCCCCC(CCCCCCCCCCCCCC)OCC(=O)COc1ccc(-c2nc(C)nc(-c3ccc(OC)cc3)n2)c(O)c1.CCCCCCCCCCCCCCCCC(CCCCCCCCCCCCCC)OCC(=O)COc1ccc(C)c(O)c1. The predicted octanol–water partition coefficient (Wildman–Crippen LogP) is 27.5. The maximum atomic E-state index is 13.0. The highest BCUT2D eigenvalue weighted by atomic mass is 16.5. The minimum absolute atomic E-state index is 0.0211. The van der Waals surface area contributed by atoms with Gasteiger partial charge in [0.1, 0.15) is 61.0 Å². The largest absolute Gasteiger partial charge is 0.508 e. The van der Waals surface area contributed by atoms with Crippen LogP contribution in [0.25, 0.3) is 22.8 Å². The number of hydrogen-bond donors (Lipinski definition) is 2. The number of unbranched alkanes of at least 4 members (excludes halogenated alkanes) is 48. The number of ether oxygens (including phenoxy) is 5. The molecule has 0 aliphatic rings. The zero-order chi connectivity index (χ0) is 74.8. The molecule has 2 unspecified atom stereocenters. The van der Waals surface area contributed by atoms with Gasteiger partial charge in [0.15, 0.2) is 23.2 Å². The van der Waals surface area contributed by atoms with Crippen LogP contribution in [0.4, 0.5) is 0 Å². The molecule has 0 radical (unpaired) electrons. The van der Waals surface area contributed by atoms with Gasteiger partial charge in [0.2, 0.25) is 0 Å². The molecule has 104 heavy (non-hydrogen) atoms. The third-order valence-corrected chi connectivity index (χ3v) is 20.8. The summed E-state index contributed by atoms with van der Waals surface area (Å²) in [4.78, 5) is 39.1. The van der Waals surface area contributed by atoms with Crippen molar-refractivity contribution in [3.05, 3.63) is 72.1 Å². The van der Waals surface area contributed by atoms with Gasteiger partial charge in [-0.1, -0.05) is 368 Å². The molecule has 4 rings (SSSR count). The Hall–Kier alpha value is -5.07. The average molecular weight is 1450 g/mol. The van der Waals surface area contributed by atoms with E-state index >= 15 is 0 Å². The first-order valence-electron chi connectivity index (χ1n) is 43.5. The van der Waals surface area contributed by atoms with E-state index in [0.29, 0.717) is 34.5 Å². The first kappa shape index (κ1) is 93.1. The Morgan fingerprint density at radius 3 is 0.904 bits per heavy atom. The fourth-order valence-corrected chi connectivity index (χ4v) is 14.0. The van der Waals surface area contributed by atoms with Crippen LogP contribution in [-0.4, -0.2) is 82.5 Å². The average Bonchev–Trinajstić information content (AvgIpc) is 0.808. The molecule has 0 aliphatic heterocycles. The number of hydrogen-bond acceptors (Lipinski definition) is 12. The number of phenols is 2. The molecule has 2 N–H and O–H groups in total. The Kier molecular flexibility index (Phi) is 59.2. The normalized spacial score (nSPS) is 12.0. The van der Waals surface area contributed by atoms with E-state index in [-0.39, 0.29) is 61.7 Å². The summed E-state index contributed by atoms with van der Waals surface area (Å²) in [6.07, 6.45) is 74.7. The molecular weight excluding hydrogens is 1290 g/mol. The van der Waals surface area contributed by atoms with E-state index in [1.54, 1.807) is 44.4 Å². The highest BCUT2D eigenvalue weighted by Crippen LogP contribution is 2.33. The number of phenolic OH excluding ortho intramolecular Hbond substituents is 2. The molecule has 0 amide bonds. The molecule has 1 aromatic heterocycles. The summed E-state index contributed by atoms with van der Waals surface area (Å²) < 4.78 is 29.1. The van der Waals surface area contributed by atoms with E-state index in [1.807, 2.05) is 31.2 Å². The second-order valence-corrected chi connectivity index (χ2v) is 30.5. The van der Waals surface area contributed by atoms with Crippen LogP contribution < -0.4 is 14.2 Å². The van der Waals surface area contributed by atoms with E-state index in [9.17, 15) is 19.8 Å². The van der Waals surface area contributed by atoms with Crippen LogP contribution in [0.3, 0.4) is 0 Å². The van der Waals surface area contributed by atoms with Crippen molar-refractivity contribution in [2.75, 3.05) is 33.5 Å². The molecule has 592 valence electrons. The lowest BCUT2D eigenvalue weighted by Crippen LogP contribution is -2.22. The Bertz CT molecular complexity index is 2650. The number of aromatic hydroxyl groups is 2. The lowest BCUT2D eigenvalue weighted by molar-refractivity contribution is -0.128. The van der Waals surface area contributed by atoms with Gasteiger partial charge in [-0.3, -0.25) is 9.59 Å². The molecule has 0 aliphatic carbocycles. The number of carbonyl (C=O) groups excluding carboxylic acids is 2. The Morgan fingerprint density at radius 2 is 0.606 bits per heavy atom. The van der Waals surface area contributed by atoms with Crippen molar-refractivity contribution in [1.82, 2.24) is 15.0 Å². The predicted molar refractivity (Wildman–Crippen MR) is 438 cm³/mol. The third kappa shape index (κ3) is 50.5. The summed E-state index contributed by atoms with van der Waals surface area (Å²) in [6.45, 7) is 12.8. The highest BCUT2D eigenvalue weighted by molar-refractivity contribution is 5.81. The van der Waals surface area contributed by atoms with Crippen molar-refractivity contribution in [2.24, 2.45) is 0 Å². The molecule has 1 heterocycles. The summed E-state index contributed by atoms with van der Waals surface area (Å²) in [6, 6.07) is 17.6. The van der Waals surface area contributed by atoms with Crippen LogP contribution >= 0.6 is 0 Å². The van der Waals surface area contributed by atoms with Gasteiger partial charge in [-0.2, -0.15) is 0 Å². The molecule has 3 aromatic carbocycles. The van der Waals surface area contributed by atoms with E-state index in [4.69, 9.17) is 23.7 Å². The van der Waals surface area contributed by atoms with Crippen molar-refractivity contribution in [3.63, 3.8) is 0 Å².